The molecule has 276 valence electrons. The van der Waals surface area contributed by atoms with Gasteiger partial charge in [-0.3, -0.25) is 0 Å². The Labute approximate surface area is 303 Å². The van der Waals surface area contributed by atoms with Gasteiger partial charge < -0.3 is 34.6 Å². The Balaban J connectivity index is 0.000000374. The Hall–Kier alpha value is -3.19. The molecule has 0 atom stereocenters. The van der Waals surface area contributed by atoms with Crippen molar-refractivity contribution in [1.29, 1.82) is 0 Å². The molecule has 2 aromatic heterocycles. The summed E-state index contributed by atoms with van der Waals surface area (Å²) in [5, 5.41) is 7.05. The van der Waals surface area contributed by atoms with Crippen molar-refractivity contribution in [2.75, 3.05) is 57.4 Å². The van der Waals surface area contributed by atoms with Crippen molar-refractivity contribution in [1.82, 2.24) is 25.5 Å². The Kier molecular flexibility index (Phi) is 17.2. The number of nitrogens with one attached hydrogen (secondary N) is 2. The van der Waals surface area contributed by atoms with Crippen molar-refractivity contribution >= 4 is 47.9 Å². The second-order valence-electron chi connectivity index (χ2n) is 14.0. The predicted molar refractivity (Wildman–Crippen MR) is 196 cm³/mol. The van der Waals surface area contributed by atoms with Crippen molar-refractivity contribution in [2.45, 2.75) is 92.8 Å². The molecule has 49 heavy (non-hydrogen) atoms. The number of carbonyl (C=O) groups is 3. The van der Waals surface area contributed by atoms with E-state index in [-0.39, 0.29) is 41.2 Å². The van der Waals surface area contributed by atoms with E-state index in [1.165, 1.54) is 0 Å². The smallest absolute Gasteiger partial charge is 0.410 e. The number of carbonyl (C=O) groups excluding carboxylic acids is 3. The van der Waals surface area contributed by atoms with Crippen LogP contribution in [0.1, 0.15) is 94.4 Å². The fraction of sp³-hybridized carbons (Fsp3) is 0.629. The number of nitrogens with zero attached hydrogens (tertiary/aromatic N) is 4. The molecule has 2 aliphatic heterocycles. The SMILES string of the molecule is CC(C)(C)OC(=O)N1CCNCC1(C)C.CCOC(=O)c1cc(C)cc(Cl)n1.CCOC(=O)c1cc(C)cc(N2CCNC(C)(C)C2)n1.Cl. The van der Waals surface area contributed by atoms with Gasteiger partial charge in [-0.2, -0.15) is 0 Å². The van der Waals surface area contributed by atoms with Crippen molar-refractivity contribution in [2.24, 2.45) is 0 Å². The fourth-order valence-electron chi connectivity index (χ4n) is 5.03. The normalized spacial score (nSPS) is 16.4. The molecule has 0 spiro atoms. The molecule has 0 radical (unpaired) electrons. The highest BCUT2D eigenvalue weighted by molar-refractivity contribution is 6.29. The Morgan fingerprint density at radius 3 is 1.92 bits per heavy atom. The number of esters is 2. The second kappa shape index (κ2) is 19.3. The number of ether oxygens (including phenoxy) is 3. The topological polar surface area (TPSA) is 135 Å². The molecule has 2 N–H and O–H groups in total. The zero-order valence-corrected chi connectivity index (χ0v) is 32.6. The van der Waals surface area contributed by atoms with Gasteiger partial charge in [-0.25, -0.2) is 24.4 Å². The molecule has 2 aliphatic rings. The van der Waals surface area contributed by atoms with E-state index in [1.54, 1.807) is 36.9 Å². The summed E-state index contributed by atoms with van der Waals surface area (Å²) in [5.74, 6) is 0.0579. The van der Waals surface area contributed by atoms with E-state index >= 15 is 0 Å². The third-order valence-corrected chi connectivity index (χ3v) is 7.37. The van der Waals surface area contributed by atoms with Crippen LogP contribution in [0.5, 0.6) is 0 Å². The van der Waals surface area contributed by atoms with Crippen LogP contribution in [0.3, 0.4) is 0 Å². The molecule has 4 rings (SSSR count). The molecule has 2 saturated heterocycles. The third kappa shape index (κ3) is 15.1. The van der Waals surface area contributed by atoms with E-state index < -0.39 is 11.6 Å². The zero-order chi connectivity index (χ0) is 36.3. The Morgan fingerprint density at radius 1 is 0.878 bits per heavy atom. The van der Waals surface area contributed by atoms with Crippen LogP contribution in [0.25, 0.3) is 0 Å². The van der Waals surface area contributed by atoms with Crippen LogP contribution >= 0.6 is 24.0 Å². The number of hydrogen-bond acceptors (Lipinski definition) is 11. The minimum absolute atomic E-state index is 0. The Morgan fingerprint density at radius 2 is 1.43 bits per heavy atom. The molecule has 0 aromatic carbocycles. The summed E-state index contributed by atoms with van der Waals surface area (Å²) < 4.78 is 15.2. The standard InChI is InChI=1S/C15H23N3O2.C11H22N2O2.C9H10ClNO2.ClH/c1-5-20-14(19)12-8-11(2)9-13(17-12)18-7-6-16-15(3,4)10-18;1-10(2,3)15-9(14)13-7-6-12-8-11(13,4)5;1-3-13-9(12)7-4-6(2)5-8(10)11-7;/h8-9,16H,5-7,10H2,1-4H3;12H,6-8H2,1-5H3;4-5H,3H2,1-2H3;1H. The first-order chi connectivity index (χ1) is 22.3. The van der Waals surface area contributed by atoms with Crippen LogP contribution in [0.15, 0.2) is 24.3 Å². The molecule has 4 heterocycles. The molecule has 0 saturated carbocycles. The lowest BCUT2D eigenvalue weighted by atomic mass is 10.0. The number of pyridine rings is 2. The number of amides is 1. The number of anilines is 1. The van der Waals surface area contributed by atoms with E-state index in [0.29, 0.717) is 30.6 Å². The molecule has 0 bridgehead atoms. The quantitative estimate of drug-likeness (QED) is 0.213. The maximum absolute atomic E-state index is 11.9. The summed E-state index contributed by atoms with van der Waals surface area (Å²) in [4.78, 5) is 47.3. The lowest BCUT2D eigenvalue weighted by Gasteiger charge is -2.42. The molecule has 0 unspecified atom stereocenters. The summed E-state index contributed by atoms with van der Waals surface area (Å²) in [6, 6.07) is 7.12. The van der Waals surface area contributed by atoms with E-state index in [9.17, 15) is 14.4 Å². The zero-order valence-electron chi connectivity index (χ0n) is 31.0. The molecule has 12 nitrogen and oxygen atoms in total. The van der Waals surface area contributed by atoms with Crippen molar-refractivity contribution in [3.8, 4) is 0 Å². The van der Waals surface area contributed by atoms with Crippen molar-refractivity contribution < 1.29 is 28.6 Å². The molecule has 2 aromatic rings. The average molecular weight is 728 g/mol. The van der Waals surface area contributed by atoms with Gasteiger partial charge in [0.05, 0.1) is 18.8 Å². The van der Waals surface area contributed by atoms with Gasteiger partial charge in [-0.05, 0) is 112 Å². The number of halogens is 2. The predicted octanol–water partition coefficient (Wildman–Crippen LogP) is 6.00. The van der Waals surface area contributed by atoms with E-state index in [2.05, 4.69) is 39.3 Å². The first-order valence-corrected chi connectivity index (χ1v) is 16.8. The van der Waals surface area contributed by atoms with Crippen LogP contribution < -0.4 is 15.5 Å². The molecule has 14 heteroatoms. The first kappa shape index (κ1) is 43.8. The maximum Gasteiger partial charge on any atom is 0.410 e. The highest BCUT2D eigenvalue weighted by atomic mass is 35.5. The van der Waals surface area contributed by atoms with E-state index in [0.717, 1.165) is 49.7 Å². The van der Waals surface area contributed by atoms with Gasteiger partial charge in [-0.15, -0.1) is 12.4 Å². The highest BCUT2D eigenvalue weighted by Gasteiger charge is 2.35. The van der Waals surface area contributed by atoms with Gasteiger partial charge in [0, 0.05) is 44.8 Å². The summed E-state index contributed by atoms with van der Waals surface area (Å²) in [6.45, 7) is 27.2. The summed E-state index contributed by atoms with van der Waals surface area (Å²) in [6.07, 6.45) is -0.214. The highest BCUT2D eigenvalue weighted by Crippen LogP contribution is 2.21. The van der Waals surface area contributed by atoms with Gasteiger partial charge in [0.15, 0.2) is 5.69 Å². The lowest BCUT2D eigenvalue weighted by molar-refractivity contribution is -0.00272. The van der Waals surface area contributed by atoms with Gasteiger partial charge >= 0.3 is 18.0 Å². The molecule has 2 fully saturated rings. The van der Waals surface area contributed by atoms with Gasteiger partial charge in [0.2, 0.25) is 0 Å². The Bertz CT molecular complexity index is 1380. The summed E-state index contributed by atoms with van der Waals surface area (Å²) >= 11 is 5.68. The van der Waals surface area contributed by atoms with Gasteiger partial charge in [0.25, 0.3) is 0 Å². The maximum atomic E-state index is 11.9. The monoisotopic (exact) mass is 726 g/mol. The molecular weight excluding hydrogens is 671 g/mol. The number of piperazine rings is 2. The largest absolute Gasteiger partial charge is 0.461 e. The third-order valence-electron chi connectivity index (χ3n) is 7.17. The summed E-state index contributed by atoms with van der Waals surface area (Å²) in [7, 11) is 0. The van der Waals surface area contributed by atoms with Crippen molar-refractivity contribution in [3.63, 3.8) is 0 Å². The van der Waals surface area contributed by atoms with Crippen LogP contribution in [0.2, 0.25) is 5.15 Å². The van der Waals surface area contributed by atoms with Gasteiger partial charge in [0.1, 0.15) is 22.3 Å². The number of aryl methyl sites for hydroxylation is 2. The van der Waals surface area contributed by atoms with Crippen LogP contribution in [-0.4, -0.2) is 102 Å². The minimum Gasteiger partial charge on any atom is -0.461 e. The number of hydrogen-bond donors (Lipinski definition) is 2. The lowest BCUT2D eigenvalue weighted by Crippen LogP contribution is -2.60. The second-order valence-corrected chi connectivity index (χ2v) is 14.4. The number of aromatic nitrogens is 2. The van der Waals surface area contributed by atoms with Crippen LogP contribution in [-0.2, 0) is 14.2 Å². The van der Waals surface area contributed by atoms with Crippen LogP contribution in [0.4, 0.5) is 10.6 Å². The summed E-state index contributed by atoms with van der Waals surface area (Å²) in [5.41, 5.74) is 2.02. The average Bonchev–Trinajstić information content (AvgIpc) is 2.95. The van der Waals surface area contributed by atoms with Crippen LogP contribution in [0, 0.1) is 13.8 Å². The number of rotatable bonds is 5. The molecule has 0 aliphatic carbocycles. The van der Waals surface area contributed by atoms with Crippen molar-refractivity contribution in [3.05, 3.63) is 51.9 Å². The first-order valence-electron chi connectivity index (χ1n) is 16.5. The fourth-order valence-corrected chi connectivity index (χ4v) is 5.29. The van der Waals surface area contributed by atoms with E-state index in [1.807, 2.05) is 54.5 Å². The molecular formula is C35H56Cl2N6O6. The minimum atomic E-state index is -0.437. The van der Waals surface area contributed by atoms with Gasteiger partial charge in [-0.1, -0.05) is 11.6 Å². The van der Waals surface area contributed by atoms with E-state index in [4.69, 9.17) is 25.8 Å². The molecule has 1 amide bonds.